The van der Waals surface area contributed by atoms with Gasteiger partial charge in [0.25, 0.3) is 0 Å². The van der Waals surface area contributed by atoms with E-state index in [1.165, 1.54) is 28.7 Å². The maximum Gasteiger partial charge on any atom is 0.407 e. The number of hydrogen-bond acceptors (Lipinski definition) is 16. The lowest BCUT2D eigenvalue weighted by molar-refractivity contribution is 0.108. The number of imidazole rings is 2. The van der Waals surface area contributed by atoms with Crippen molar-refractivity contribution in [2.75, 3.05) is 24.1 Å². The van der Waals surface area contributed by atoms with E-state index in [9.17, 15) is 26.4 Å². The molecule has 7 N–H and O–H groups in total. The fraction of sp³-hybridized carbons (Fsp3) is 0.519. The Bertz CT molecular complexity index is 3160. The van der Waals surface area contributed by atoms with Crippen molar-refractivity contribution in [3.8, 4) is 20.9 Å². The van der Waals surface area contributed by atoms with Gasteiger partial charge in [-0.05, 0) is 147 Å². The van der Waals surface area contributed by atoms with Crippen molar-refractivity contribution in [3.63, 3.8) is 0 Å². The predicted octanol–water partition coefficient (Wildman–Crippen LogP) is 11.9. The number of benzene rings is 2. The zero-order valence-electron chi connectivity index (χ0n) is 46.7. The molecule has 2 aromatic carbocycles. The van der Waals surface area contributed by atoms with Gasteiger partial charge < -0.3 is 40.3 Å². The SMILES string of the molecule is CC(C)n1ccnc1Br.CCNS(=O)(=O)c1cc(N)ccc1-c1cnc(C2CCC(NC(=O)OC(C)C)CC2)s1.CCNS(=O)(=O)c1cc(Nc2nccn2C(C)C)ccc1-c1cnc(C2CCC(NC(=O)OC(C)C)CC2)s1. The molecule has 0 atom stereocenters. The first kappa shape index (κ1) is 62.8. The first-order valence-electron chi connectivity index (χ1n) is 26.9. The zero-order valence-corrected chi connectivity index (χ0v) is 51.5. The molecule has 0 bridgehead atoms. The lowest BCUT2D eigenvalue weighted by atomic mass is 9.86. The third-order valence-electron chi connectivity index (χ3n) is 13.0. The normalized spacial score (nSPS) is 17.7. The number of carbonyl (C=O) groups excluding carboxylic acids is 2. The van der Waals surface area contributed by atoms with Crippen LogP contribution in [0.2, 0.25) is 0 Å². The van der Waals surface area contributed by atoms with Gasteiger partial charge in [0.05, 0.1) is 41.8 Å². The highest BCUT2D eigenvalue weighted by Crippen LogP contribution is 2.42. The third-order valence-corrected chi connectivity index (χ3v) is 19.1. The third kappa shape index (κ3) is 17.8. The van der Waals surface area contributed by atoms with E-state index in [4.69, 9.17) is 15.2 Å². The van der Waals surface area contributed by atoms with Crippen LogP contribution >= 0.6 is 38.6 Å². The van der Waals surface area contributed by atoms with Crippen LogP contribution in [0, 0.1) is 0 Å². The molecule has 4 heterocycles. The number of halogens is 1. The highest BCUT2D eigenvalue weighted by Gasteiger charge is 2.30. The number of nitrogens with two attached hydrogens (primary N) is 1. The lowest BCUT2D eigenvalue weighted by Gasteiger charge is -2.28. The molecule has 2 amide bonds. The summed E-state index contributed by atoms with van der Waals surface area (Å²) in [7, 11) is -7.41. The first-order chi connectivity index (χ1) is 37.5. The van der Waals surface area contributed by atoms with Gasteiger partial charge in [0, 0.05) is 109 Å². The highest BCUT2D eigenvalue weighted by atomic mass is 79.9. The minimum absolute atomic E-state index is 0.0927. The first-order valence-corrected chi connectivity index (χ1v) is 32.2. The topological polar surface area (TPSA) is 268 Å². The molecule has 0 radical (unpaired) electrons. The number of rotatable bonds is 18. The molecular formula is C54H77BrN12O8S4. The second-order valence-corrected chi connectivity index (χ2v) is 26.8. The second-order valence-electron chi connectivity index (χ2n) is 20.5. The molecule has 2 fully saturated rings. The highest BCUT2D eigenvalue weighted by molar-refractivity contribution is 9.10. The van der Waals surface area contributed by atoms with E-state index in [-0.39, 0.29) is 64.8 Å². The Morgan fingerprint density at radius 3 is 1.51 bits per heavy atom. The van der Waals surface area contributed by atoms with Gasteiger partial charge in [-0.15, -0.1) is 22.7 Å². The van der Waals surface area contributed by atoms with E-state index in [1.807, 2.05) is 56.8 Å². The number of aromatic nitrogens is 6. The molecule has 25 heteroatoms. The summed E-state index contributed by atoms with van der Waals surface area (Å²) < 4.78 is 72.2. The summed E-state index contributed by atoms with van der Waals surface area (Å²) in [4.78, 5) is 43.4. The van der Waals surface area contributed by atoms with E-state index in [1.54, 1.807) is 56.8 Å². The number of nitrogens with zero attached hydrogens (tertiary/aromatic N) is 6. The van der Waals surface area contributed by atoms with Crippen LogP contribution in [0.3, 0.4) is 0 Å². The monoisotopic (exact) mass is 1230 g/mol. The summed E-state index contributed by atoms with van der Waals surface area (Å²) >= 11 is 6.36. The van der Waals surface area contributed by atoms with Gasteiger partial charge in [0.15, 0.2) is 4.73 Å². The van der Waals surface area contributed by atoms with Crippen LogP contribution in [0.5, 0.6) is 0 Å². The van der Waals surface area contributed by atoms with Gasteiger partial charge in [-0.3, -0.25) is 0 Å². The van der Waals surface area contributed by atoms with E-state index < -0.39 is 20.0 Å². The van der Waals surface area contributed by atoms with Gasteiger partial charge in [-0.25, -0.2) is 55.8 Å². The number of carbonyl (C=O) groups is 2. The average Bonchev–Trinajstić information content (AvgIpc) is 4.28. The smallest absolute Gasteiger partial charge is 0.407 e. The molecule has 6 aromatic rings. The molecule has 79 heavy (non-hydrogen) atoms. The number of sulfonamides is 2. The number of nitrogens with one attached hydrogen (secondary N) is 5. The van der Waals surface area contributed by atoms with Gasteiger partial charge in [0.2, 0.25) is 26.0 Å². The molecule has 2 aliphatic carbocycles. The quantitative estimate of drug-likeness (QED) is 0.0437. The Labute approximate surface area is 482 Å². The summed E-state index contributed by atoms with van der Waals surface area (Å²) in [6, 6.07) is 11.2. The van der Waals surface area contributed by atoms with Crippen molar-refractivity contribution in [3.05, 3.63) is 88.3 Å². The molecule has 0 spiro atoms. The number of amides is 2. The number of thiazole rings is 2. The van der Waals surface area contributed by atoms with Crippen LogP contribution in [0.15, 0.2) is 88.1 Å². The molecule has 0 saturated heterocycles. The van der Waals surface area contributed by atoms with Crippen LogP contribution in [-0.4, -0.2) is 95.5 Å². The molecule has 2 aliphatic rings. The maximum absolute atomic E-state index is 13.2. The Hall–Kier alpha value is -5.44. The Balaban J connectivity index is 0.000000224. The van der Waals surface area contributed by atoms with Gasteiger partial charge in [0.1, 0.15) is 0 Å². The number of nitrogen functional groups attached to an aromatic ring is 1. The van der Waals surface area contributed by atoms with E-state index in [0.29, 0.717) is 47.0 Å². The fourth-order valence-electron chi connectivity index (χ4n) is 9.16. The summed E-state index contributed by atoms with van der Waals surface area (Å²) in [6.07, 6.45) is 16.8. The Morgan fingerprint density at radius 1 is 0.646 bits per heavy atom. The van der Waals surface area contributed by atoms with Crippen LogP contribution < -0.4 is 31.1 Å². The zero-order chi connectivity index (χ0) is 57.6. The van der Waals surface area contributed by atoms with Crippen molar-refractivity contribution in [2.45, 2.75) is 179 Å². The molecule has 4 aromatic heterocycles. The maximum atomic E-state index is 13.2. The lowest BCUT2D eigenvalue weighted by Crippen LogP contribution is -2.38. The Kier molecular flexibility index (Phi) is 22.9. The van der Waals surface area contributed by atoms with E-state index in [0.717, 1.165) is 75.9 Å². The predicted molar refractivity (Wildman–Crippen MR) is 317 cm³/mol. The molecule has 20 nitrogen and oxygen atoms in total. The molecule has 0 aliphatic heterocycles. The summed E-state index contributed by atoms with van der Waals surface area (Å²) in [5.41, 5.74) is 8.10. The van der Waals surface area contributed by atoms with Gasteiger partial charge >= 0.3 is 12.2 Å². The largest absolute Gasteiger partial charge is 0.447 e. The summed E-state index contributed by atoms with van der Waals surface area (Å²) in [6.45, 7) is 19.7. The Morgan fingerprint density at radius 2 is 1.09 bits per heavy atom. The molecule has 8 rings (SSSR count). The van der Waals surface area contributed by atoms with E-state index in [2.05, 4.69) is 93.5 Å². The molecule has 432 valence electrons. The van der Waals surface area contributed by atoms with Crippen molar-refractivity contribution < 1.29 is 35.9 Å². The average molecular weight is 1230 g/mol. The summed E-state index contributed by atoms with van der Waals surface area (Å²) in [5.74, 6) is 1.21. The van der Waals surface area contributed by atoms with Crippen LogP contribution in [-0.2, 0) is 29.5 Å². The van der Waals surface area contributed by atoms with Crippen molar-refractivity contribution in [1.29, 1.82) is 0 Å². The molecular weight excluding hydrogens is 1150 g/mol. The van der Waals surface area contributed by atoms with Crippen LogP contribution in [0.1, 0.15) is 155 Å². The van der Waals surface area contributed by atoms with E-state index >= 15 is 0 Å². The number of anilines is 3. The standard InChI is InChI=1S/C27H38N6O4S2.C21H30N4O4S2.C6H9BrN2/c1-6-30-39(35,36)24-15-21(31-26-28-13-14-33(26)17(2)3)11-12-22(24)23-16-29-25(38-23)19-7-9-20(10-8-19)32-27(34)37-18(4)5;1-4-24-31(27,28)19-11-15(22)7-10-17(19)18-12-23-20(30-18)14-5-8-16(9-6-14)25-21(26)29-13(2)3;1-5(2)9-4-3-8-6(9)7/h11-20,30H,6-10H2,1-5H3,(H,28,31)(H,32,34);7,10-14,16,24H,4-6,8-9,22H2,1-3H3,(H,25,26);3-5H,1-2H3. The number of ether oxygens (including phenoxy) is 2. The van der Waals surface area contributed by atoms with Gasteiger partial charge in [-0.2, -0.15) is 0 Å². The summed E-state index contributed by atoms with van der Waals surface area (Å²) in [5, 5.41) is 11.1. The van der Waals surface area contributed by atoms with Crippen molar-refractivity contribution >= 4 is 88.2 Å². The minimum Gasteiger partial charge on any atom is -0.447 e. The molecule has 2 saturated carbocycles. The number of alkyl carbamates (subject to hydrolysis) is 2. The van der Waals surface area contributed by atoms with Crippen molar-refractivity contribution in [1.82, 2.24) is 49.1 Å². The number of hydrogen-bond donors (Lipinski definition) is 6. The van der Waals surface area contributed by atoms with Crippen LogP contribution in [0.25, 0.3) is 20.9 Å². The van der Waals surface area contributed by atoms with Crippen molar-refractivity contribution in [2.24, 2.45) is 0 Å². The fourth-order valence-corrected chi connectivity index (χ4v) is 14.8. The second kappa shape index (κ2) is 28.8. The van der Waals surface area contributed by atoms with Crippen LogP contribution in [0.4, 0.5) is 26.9 Å². The molecule has 0 unspecified atom stereocenters. The van der Waals surface area contributed by atoms with Gasteiger partial charge in [-0.1, -0.05) is 26.0 Å². The minimum atomic E-state index is -3.75.